The first kappa shape index (κ1) is 6.81. The topological polar surface area (TPSA) is 34.1 Å². The van der Waals surface area contributed by atoms with Gasteiger partial charge in [-0.3, -0.25) is 9.59 Å². The van der Waals surface area contributed by atoms with Crippen LogP contribution in [0, 0.1) is 23.7 Å². The van der Waals surface area contributed by atoms with Gasteiger partial charge in [-0.2, -0.15) is 0 Å². The number of Topliss-reactive ketones (excluding diaryl/α,β-unsaturated/α-hetero) is 2. The van der Waals surface area contributed by atoms with Crippen molar-refractivity contribution in [3.8, 4) is 0 Å². The second-order valence-corrected chi connectivity index (χ2v) is 4.56. The highest BCUT2D eigenvalue weighted by molar-refractivity contribution is 6.07. The van der Waals surface area contributed by atoms with E-state index in [1.165, 1.54) is 0 Å². The molecule has 4 fully saturated rings. The number of carbonyl (C=O) groups excluding carboxylic acids is 2. The average molecular weight is 164 g/mol. The fourth-order valence-electron chi connectivity index (χ4n) is 3.37. The van der Waals surface area contributed by atoms with E-state index in [1.807, 2.05) is 0 Å². The Morgan fingerprint density at radius 1 is 0.833 bits per heavy atom. The number of rotatable bonds is 0. The van der Waals surface area contributed by atoms with Gasteiger partial charge in [0.1, 0.15) is 11.6 Å². The zero-order valence-electron chi connectivity index (χ0n) is 6.95. The standard InChI is InChI=1S/C10H12O2/c11-9-6-1-5-2-7(4-6)10(12)8(9)3-5/h5-8H,1-4H2. The molecule has 2 atom stereocenters. The maximum Gasteiger partial charge on any atom is 0.146 e. The van der Waals surface area contributed by atoms with Crippen molar-refractivity contribution in [2.75, 3.05) is 0 Å². The van der Waals surface area contributed by atoms with E-state index >= 15 is 0 Å². The molecule has 0 heterocycles. The van der Waals surface area contributed by atoms with Crippen molar-refractivity contribution in [1.82, 2.24) is 0 Å². The van der Waals surface area contributed by atoms with E-state index in [1.54, 1.807) is 0 Å². The first-order valence-corrected chi connectivity index (χ1v) is 4.83. The highest BCUT2D eigenvalue weighted by Gasteiger charge is 2.52. The summed E-state index contributed by atoms with van der Waals surface area (Å²) in [6.45, 7) is 0. The van der Waals surface area contributed by atoms with Crippen LogP contribution in [0.1, 0.15) is 25.7 Å². The molecule has 4 bridgehead atoms. The van der Waals surface area contributed by atoms with Gasteiger partial charge in [-0.1, -0.05) is 0 Å². The van der Waals surface area contributed by atoms with Gasteiger partial charge in [-0.25, -0.2) is 0 Å². The fraction of sp³-hybridized carbons (Fsp3) is 0.800. The minimum Gasteiger partial charge on any atom is -0.299 e. The normalized spacial score (nSPS) is 50.3. The highest BCUT2D eigenvalue weighted by atomic mass is 16.2. The minimum atomic E-state index is -0.166. The van der Waals surface area contributed by atoms with Crippen molar-refractivity contribution in [2.24, 2.45) is 23.7 Å². The lowest BCUT2D eigenvalue weighted by Crippen LogP contribution is -2.51. The number of hydrogen-bond acceptors (Lipinski definition) is 2. The van der Waals surface area contributed by atoms with Crippen molar-refractivity contribution >= 4 is 11.6 Å². The predicted molar refractivity (Wildman–Crippen MR) is 42.4 cm³/mol. The Balaban J connectivity index is 2.03. The maximum atomic E-state index is 11.6. The van der Waals surface area contributed by atoms with Gasteiger partial charge in [0.2, 0.25) is 0 Å². The van der Waals surface area contributed by atoms with E-state index in [9.17, 15) is 9.59 Å². The monoisotopic (exact) mass is 164 g/mol. The lowest BCUT2D eigenvalue weighted by Gasteiger charge is -2.47. The minimum absolute atomic E-state index is 0.166. The predicted octanol–water partition coefficient (Wildman–Crippen LogP) is 1.19. The molecule has 4 rings (SSSR count). The number of carbonyl (C=O) groups is 2. The molecule has 4 aliphatic rings. The molecule has 0 radical (unpaired) electrons. The van der Waals surface area contributed by atoms with Crippen molar-refractivity contribution in [1.29, 1.82) is 0 Å². The molecule has 2 unspecified atom stereocenters. The Morgan fingerprint density at radius 3 is 2.00 bits per heavy atom. The SMILES string of the molecule is O=C1C2CC3CC(C2)C(=O)C1C3. The Labute approximate surface area is 71.3 Å². The van der Waals surface area contributed by atoms with Gasteiger partial charge in [-0.05, 0) is 31.6 Å². The summed E-state index contributed by atoms with van der Waals surface area (Å²) in [5.74, 6) is 1.62. The van der Waals surface area contributed by atoms with E-state index in [-0.39, 0.29) is 29.3 Å². The summed E-state index contributed by atoms with van der Waals surface area (Å²) < 4.78 is 0. The molecule has 4 saturated carbocycles. The molecule has 0 aromatic heterocycles. The molecule has 2 heteroatoms. The summed E-state index contributed by atoms with van der Waals surface area (Å²) in [6.07, 6.45) is 3.92. The Bertz CT molecular complexity index is 245. The van der Waals surface area contributed by atoms with E-state index in [2.05, 4.69) is 0 Å². The van der Waals surface area contributed by atoms with Crippen molar-refractivity contribution < 1.29 is 9.59 Å². The highest BCUT2D eigenvalue weighted by Crippen LogP contribution is 2.49. The Hall–Kier alpha value is -0.660. The van der Waals surface area contributed by atoms with Gasteiger partial charge in [0.05, 0.1) is 5.92 Å². The third-order valence-corrected chi connectivity index (χ3v) is 3.87. The number of ketones is 2. The molecular weight excluding hydrogens is 152 g/mol. The van der Waals surface area contributed by atoms with Gasteiger partial charge in [-0.15, -0.1) is 0 Å². The van der Waals surface area contributed by atoms with Gasteiger partial charge < -0.3 is 0 Å². The molecule has 64 valence electrons. The van der Waals surface area contributed by atoms with Crippen molar-refractivity contribution in [3.63, 3.8) is 0 Å². The lowest BCUT2D eigenvalue weighted by molar-refractivity contribution is -0.152. The summed E-state index contributed by atoms with van der Waals surface area (Å²) in [5, 5.41) is 0. The van der Waals surface area contributed by atoms with E-state index in [0.717, 1.165) is 25.7 Å². The van der Waals surface area contributed by atoms with Crippen LogP contribution in [-0.4, -0.2) is 11.6 Å². The lowest BCUT2D eigenvalue weighted by atomic mass is 9.55. The van der Waals surface area contributed by atoms with E-state index < -0.39 is 0 Å². The van der Waals surface area contributed by atoms with Crippen LogP contribution in [0.4, 0.5) is 0 Å². The van der Waals surface area contributed by atoms with Crippen LogP contribution >= 0.6 is 0 Å². The Kier molecular flexibility index (Phi) is 1.12. The zero-order valence-corrected chi connectivity index (χ0v) is 6.95. The van der Waals surface area contributed by atoms with Crippen molar-refractivity contribution in [2.45, 2.75) is 25.7 Å². The quantitative estimate of drug-likeness (QED) is 0.504. The van der Waals surface area contributed by atoms with Gasteiger partial charge in [0.25, 0.3) is 0 Å². The molecule has 0 amide bonds. The van der Waals surface area contributed by atoms with Crippen molar-refractivity contribution in [3.05, 3.63) is 0 Å². The van der Waals surface area contributed by atoms with E-state index in [4.69, 9.17) is 0 Å². The molecule has 0 aromatic carbocycles. The zero-order chi connectivity index (χ0) is 8.29. The second kappa shape index (κ2) is 1.98. The van der Waals surface area contributed by atoms with Crippen LogP contribution in [0.25, 0.3) is 0 Å². The van der Waals surface area contributed by atoms with Crippen LogP contribution < -0.4 is 0 Å². The third-order valence-electron chi connectivity index (χ3n) is 3.87. The van der Waals surface area contributed by atoms with Crippen LogP contribution in [0.5, 0.6) is 0 Å². The second-order valence-electron chi connectivity index (χ2n) is 4.56. The van der Waals surface area contributed by atoms with Crippen LogP contribution in [0.3, 0.4) is 0 Å². The molecule has 0 aliphatic heterocycles. The Morgan fingerprint density at radius 2 is 1.42 bits per heavy atom. The number of hydrogen-bond donors (Lipinski definition) is 0. The first-order valence-electron chi connectivity index (χ1n) is 4.83. The van der Waals surface area contributed by atoms with Gasteiger partial charge in [0, 0.05) is 11.8 Å². The summed E-state index contributed by atoms with van der Waals surface area (Å²) in [7, 11) is 0. The molecule has 0 N–H and O–H groups in total. The molecule has 0 saturated heterocycles. The van der Waals surface area contributed by atoms with E-state index in [0.29, 0.717) is 5.92 Å². The summed E-state index contributed by atoms with van der Waals surface area (Å²) in [5.41, 5.74) is 0. The molecule has 0 aromatic rings. The average Bonchev–Trinajstić information content (AvgIpc) is 2.07. The van der Waals surface area contributed by atoms with Gasteiger partial charge in [0.15, 0.2) is 0 Å². The smallest absolute Gasteiger partial charge is 0.146 e. The summed E-state index contributed by atoms with van der Waals surface area (Å²) in [6, 6.07) is 0. The molecule has 0 spiro atoms. The van der Waals surface area contributed by atoms with Crippen LogP contribution in [-0.2, 0) is 9.59 Å². The molecule has 2 nitrogen and oxygen atoms in total. The maximum absolute atomic E-state index is 11.6. The van der Waals surface area contributed by atoms with Crippen LogP contribution in [0.2, 0.25) is 0 Å². The largest absolute Gasteiger partial charge is 0.299 e. The molecule has 4 aliphatic carbocycles. The first-order chi connectivity index (χ1) is 5.75. The summed E-state index contributed by atoms with van der Waals surface area (Å²) in [4.78, 5) is 23.1. The molecule has 12 heavy (non-hydrogen) atoms. The van der Waals surface area contributed by atoms with Gasteiger partial charge >= 0.3 is 0 Å². The summed E-state index contributed by atoms with van der Waals surface area (Å²) >= 11 is 0. The molecular formula is C10H12O2. The van der Waals surface area contributed by atoms with Crippen LogP contribution in [0.15, 0.2) is 0 Å². The fourth-order valence-corrected chi connectivity index (χ4v) is 3.37. The third kappa shape index (κ3) is 0.661.